The molecule has 0 radical (unpaired) electrons. The summed E-state index contributed by atoms with van der Waals surface area (Å²) in [5.41, 5.74) is 0.384. The van der Waals surface area contributed by atoms with Gasteiger partial charge in [-0.25, -0.2) is 14.2 Å². The largest absolute Gasteiger partial charge is 0.469 e. The molecular weight excluding hydrogens is 581 g/mol. The summed E-state index contributed by atoms with van der Waals surface area (Å²) in [6.07, 6.45) is -0.281. The molecule has 2 amide bonds. The molecule has 2 aliphatic heterocycles. The molecule has 1 saturated heterocycles. The van der Waals surface area contributed by atoms with E-state index in [-0.39, 0.29) is 43.8 Å². The summed E-state index contributed by atoms with van der Waals surface area (Å²) in [6, 6.07) is 13.5. The lowest BCUT2D eigenvalue weighted by Gasteiger charge is -2.43. The Morgan fingerprint density at radius 1 is 1.04 bits per heavy atom. The van der Waals surface area contributed by atoms with Crippen LogP contribution in [0.4, 0.5) is 14.9 Å². The predicted octanol–water partition coefficient (Wildman–Crippen LogP) is 5.25. The van der Waals surface area contributed by atoms with Crippen LogP contribution in [0.25, 0.3) is 0 Å². The van der Waals surface area contributed by atoms with Crippen molar-refractivity contribution < 1.29 is 33.0 Å². The molecule has 2 aromatic rings. The lowest BCUT2D eigenvalue weighted by Crippen LogP contribution is -2.59. The molecule has 0 spiro atoms. The number of anilines is 1. The van der Waals surface area contributed by atoms with Crippen molar-refractivity contribution in [3.63, 3.8) is 0 Å². The fraction of sp³-hybridized carbons (Fsp3) is 0.545. The molecule has 1 unspecified atom stereocenters. The Morgan fingerprint density at radius 2 is 1.73 bits per heavy atom. The minimum atomic E-state index is -1.02. The zero-order valence-corrected chi connectivity index (χ0v) is 26.9. The van der Waals surface area contributed by atoms with Gasteiger partial charge in [0.2, 0.25) is 0 Å². The number of carbonyl (C=O) groups is 3. The second-order valence-corrected chi connectivity index (χ2v) is 12.9. The minimum Gasteiger partial charge on any atom is -0.469 e. The van der Waals surface area contributed by atoms with Gasteiger partial charge in [0.15, 0.2) is 6.04 Å². The molecule has 0 aliphatic carbocycles. The van der Waals surface area contributed by atoms with Gasteiger partial charge in [-0.3, -0.25) is 9.59 Å². The van der Waals surface area contributed by atoms with Crippen LogP contribution in [0.3, 0.4) is 0 Å². The summed E-state index contributed by atoms with van der Waals surface area (Å²) < 4.78 is 31.7. The highest BCUT2D eigenvalue weighted by Gasteiger charge is 2.46. The van der Waals surface area contributed by atoms with E-state index < -0.39 is 47.5 Å². The van der Waals surface area contributed by atoms with Crippen molar-refractivity contribution in [3.05, 3.63) is 66.0 Å². The topological polar surface area (TPSA) is 113 Å². The van der Waals surface area contributed by atoms with Gasteiger partial charge in [0.1, 0.15) is 17.5 Å². The number of hydrogen-bond acceptors (Lipinski definition) is 9. The minimum absolute atomic E-state index is 0.0433. The molecule has 4 atom stereocenters. The second kappa shape index (κ2) is 14.8. The maximum atomic E-state index is 15.0. The first kappa shape index (κ1) is 33.8. The van der Waals surface area contributed by atoms with E-state index in [0.29, 0.717) is 13.0 Å². The van der Waals surface area contributed by atoms with Gasteiger partial charge in [-0.05, 0) is 50.8 Å². The number of para-hydroxylation sites is 1. The Morgan fingerprint density at radius 3 is 2.38 bits per heavy atom. The van der Waals surface area contributed by atoms with E-state index in [0.717, 1.165) is 5.56 Å². The Labute approximate surface area is 264 Å². The van der Waals surface area contributed by atoms with Crippen LogP contribution in [0.5, 0.6) is 0 Å². The Kier molecular flexibility index (Phi) is 11.1. The standard InChI is InChI=1S/C33H44FN5O6/c1-22(2)17-38(25-16-24(31(41)43-6)18-37(19-25)32(42)45-33(3,4)5)30(40)29-28(21-44-20-23-12-8-7-9-13-23)39(36-35-29)27-15-11-10-14-26(27)34/h7-15,22,24-25,28-29H,16-21H2,1-6H3/t24-,25+,28?,29+/m1/s1. The van der Waals surface area contributed by atoms with Gasteiger partial charge in [-0.1, -0.05) is 61.5 Å². The molecule has 11 nitrogen and oxygen atoms in total. The number of ether oxygens (including phenoxy) is 3. The summed E-state index contributed by atoms with van der Waals surface area (Å²) in [4.78, 5) is 43.5. The van der Waals surface area contributed by atoms with E-state index in [2.05, 4.69) is 10.3 Å². The number of methoxy groups -OCH3 is 1. The SMILES string of the molecule is COC(=O)[C@@H]1C[C@H](N(CC(C)C)C(=O)[C@H]2N=NN(c3ccccc3F)C2COCc2ccccc2)CN(C(=O)OC(C)(C)C)C1. The number of halogens is 1. The molecule has 2 aromatic carbocycles. The van der Waals surface area contributed by atoms with Gasteiger partial charge in [-0.15, -0.1) is 0 Å². The number of esters is 1. The van der Waals surface area contributed by atoms with Crippen LogP contribution in [0.1, 0.15) is 46.6 Å². The first-order valence-electron chi connectivity index (χ1n) is 15.3. The second-order valence-electron chi connectivity index (χ2n) is 12.9. The van der Waals surface area contributed by atoms with Crippen molar-refractivity contribution in [1.82, 2.24) is 9.80 Å². The third-order valence-corrected chi connectivity index (χ3v) is 7.60. The van der Waals surface area contributed by atoms with Gasteiger partial charge in [0, 0.05) is 19.6 Å². The molecule has 0 bridgehead atoms. The van der Waals surface area contributed by atoms with E-state index >= 15 is 0 Å². The van der Waals surface area contributed by atoms with Gasteiger partial charge in [-0.2, -0.15) is 5.11 Å². The highest BCUT2D eigenvalue weighted by atomic mass is 19.1. The number of nitrogens with zero attached hydrogens (tertiary/aromatic N) is 5. The number of piperidine rings is 1. The number of carbonyl (C=O) groups excluding carboxylic acids is 3. The van der Waals surface area contributed by atoms with E-state index in [1.54, 1.807) is 43.9 Å². The van der Waals surface area contributed by atoms with E-state index in [9.17, 15) is 18.8 Å². The molecule has 4 rings (SSSR count). The third-order valence-electron chi connectivity index (χ3n) is 7.60. The summed E-state index contributed by atoms with van der Waals surface area (Å²) in [5.74, 6) is -1.93. The smallest absolute Gasteiger partial charge is 0.410 e. The lowest BCUT2D eigenvalue weighted by molar-refractivity contribution is -0.150. The number of rotatable bonds is 10. The summed E-state index contributed by atoms with van der Waals surface area (Å²) in [7, 11) is 1.30. The molecular formula is C33H44FN5O6. The molecule has 0 saturated carbocycles. The van der Waals surface area contributed by atoms with Crippen LogP contribution in [0, 0.1) is 17.7 Å². The zero-order chi connectivity index (χ0) is 32.7. The molecule has 0 N–H and O–H groups in total. The number of amides is 2. The number of hydrogen-bond donors (Lipinski definition) is 0. The van der Waals surface area contributed by atoms with Gasteiger partial charge >= 0.3 is 12.1 Å². The first-order chi connectivity index (χ1) is 21.4. The highest BCUT2D eigenvalue weighted by Crippen LogP contribution is 2.32. The highest BCUT2D eigenvalue weighted by molar-refractivity contribution is 5.85. The average Bonchev–Trinajstić information content (AvgIpc) is 3.42. The Balaban J connectivity index is 1.63. The van der Waals surface area contributed by atoms with Crippen molar-refractivity contribution in [1.29, 1.82) is 0 Å². The quantitative estimate of drug-likeness (QED) is 0.332. The fourth-order valence-electron chi connectivity index (χ4n) is 5.59. The lowest BCUT2D eigenvalue weighted by atomic mass is 9.92. The Hall–Kier alpha value is -4.06. The molecule has 1 fully saturated rings. The van der Waals surface area contributed by atoms with Crippen LogP contribution < -0.4 is 5.01 Å². The predicted molar refractivity (Wildman–Crippen MR) is 166 cm³/mol. The van der Waals surface area contributed by atoms with Crippen molar-refractivity contribution in [3.8, 4) is 0 Å². The summed E-state index contributed by atoms with van der Waals surface area (Å²) in [6.45, 7) is 10.2. The normalized spacial score (nSPS) is 21.6. The molecule has 2 aliphatic rings. The van der Waals surface area contributed by atoms with Gasteiger partial charge < -0.3 is 24.0 Å². The molecule has 244 valence electrons. The summed E-state index contributed by atoms with van der Waals surface area (Å²) in [5, 5.41) is 10.0. The van der Waals surface area contributed by atoms with Crippen molar-refractivity contribution in [2.45, 2.75) is 71.4 Å². The van der Waals surface area contributed by atoms with Crippen LogP contribution in [-0.2, 0) is 30.4 Å². The Bertz CT molecular complexity index is 1350. The van der Waals surface area contributed by atoms with Crippen LogP contribution in [-0.4, -0.2) is 84.8 Å². The van der Waals surface area contributed by atoms with E-state index in [4.69, 9.17) is 14.2 Å². The fourth-order valence-corrected chi connectivity index (χ4v) is 5.59. The van der Waals surface area contributed by atoms with Crippen LogP contribution in [0.15, 0.2) is 64.9 Å². The maximum Gasteiger partial charge on any atom is 0.410 e. The number of likely N-dealkylation sites (tertiary alicyclic amines) is 1. The summed E-state index contributed by atoms with van der Waals surface area (Å²) >= 11 is 0. The van der Waals surface area contributed by atoms with Crippen LogP contribution >= 0.6 is 0 Å². The molecule has 45 heavy (non-hydrogen) atoms. The van der Waals surface area contributed by atoms with Crippen molar-refractivity contribution in [2.24, 2.45) is 22.2 Å². The van der Waals surface area contributed by atoms with Gasteiger partial charge in [0.05, 0.1) is 38.0 Å². The van der Waals surface area contributed by atoms with Crippen molar-refractivity contribution in [2.75, 3.05) is 38.4 Å². The molecule has 0 aromatic heterocycles. The molecule has 12 heteroatoms. The van der Waals surface area contributed by atoms with Crippen molar-refractivity contribution >= 4 is 23.7 Å². The van der Waals surface area contributed by atoms with Gasteiger partial charge in [0.25, 0.3) is 5.91 Å². The average molecular weight is 626 g/mol. The van der Waals surface area contributed by atoms with Crippen LogP contribution in [0.2, 0.25) is 0 Å². The number of benzene rings is 2. The first-order valence-corrected chi connectivity index (χ1v) is 15.3. The third kappa shape index (κ3) is 8.78. The van der Waals surface area contributed by atoms with E-state index in [1.807, 2.05) is 44.2 Å². The maximum absolute atomic E-state index is 15.0. The zero-order valence-electron chi connectivity index (χ0n) is 26.9. The van der Waals surface area contributed by atoms with E-state index in [1.165, 1.54) is 23.1 Å². The molecule has 2 heterocycles. The monoisotopic (exact) mass is 625 g/mol.